The number of pyridine rings is 1. The van der Waals surface area contributed by atoms with E-state index in [9.17, 15) is 10.1 Å². The topological polar surface area (TPSA) is 89.7 Å². The van der Waals surface area contributed by atoms with Crippen LogP contribution in [0, 0.1) is 13.7 Å². The lowest BCUT2D eigenvalue weighted by Crippen LogP contribution is -1.99. The number of hydrogen-bond donors (Lipinski definition) is 1. The minimum Gasteiger partial charge on any atom is -0.488 e. The molecule has 142 valence electrons. The highest BCUT2D eigenvalue weighted by atomic mass is 127. The summed E-state index contributed by atoms with van der Waals surface area (Å²) < 4.78 is 7.80. The molecule has 0 amide bonds. The molecule has 1 heterocycles. The zero-order chi connectivity index (χ0) is 19.9. The van der Waals surface area contributed by atoms with E-state index in [2.05, 4.69) is 54.0 Å². The van der Waals surface area contributed by atoms with E-state index in [0.29, 0.717) is 12.4 Å². The Kier molecular flexibility index (Phi) is 6.93. The van der Waals surface area contributed by atoms with Gasteiger partial charge in [-0.2, -0.15) is 5.10 Å². The monoisotopic (exact) mass is 552 g/mol. The first-order valence-electron chi connectivity index (χ1n) is 8.08. The van der Waals surface area contributed by atoms with Crippen molar-refractivity contribution < 1.29 is 9.66 Å². The van der Waals surface area contributed by atoms with Gasteiger partial charge in [-0.15, -0.1) is 0 Å². The van der Waals surface area contributed by atoms with Gasteiger partial charge in [-0.1, -0.05) is 12.1 Å². The van der Waals surface area contributed by atoms with Crippen molar-refractivity contribution in [2.24, 2.45) is 5.10 Å². The Labute approximate surface area is 183 Å². The highest BCUT2D eigenvalue weighted by Crippen LogP contribution is 2.26. The van der Waals surface area contributed by atoms with Crippen molar-refractivity contribution in [3.8, 4) is 5.75 Å². The summed E-state index contributed by atoms with van der Waals surface area (Å²) >= 11 is 5.75. The van der Waals surface area contributed by atoms with E-state index in [4.69, 9.17) is 4.74 Å². The van der Waals surface area contributed by atoms with E-state index < -0.39 is 4.92 Å². The van der Waals surface area contributed by atoms with Gasteiger partial charge in [-0.05, 0) is 86.0 Å². The summed E-state index contributed by atoms with van der Waals surface area (Å²) in [5.74, 6) is 0.796. The van der Waals surface area contributed by atoms with Crippen LogP contribution in [0.2, 0.25) is 0 Å². The zero-order valence-corrected chi connectivity index (χ0v) is 18.1. The molecule has 0 spiro atoms. The van der Waals surface area contributed by atoms with E-state index in [1.54, 1.807) is 6.21 Å². The maximum absolute atomic E-state index is 11.0. The van der Waals surface area contributed by atoms with Crippen LogP contribution in [-0.2, 0) is 6.61 Å². The first-order valence-corrected chi connectivity index (χ1v) is 9.95. The number of hydrogen-bond acceptors (Lipinski definition) is 6. The fraction of sp³-hybridized carbons (Fsp3) is 0.0526. The van der Waals surface area contributed by atoms with Crippen LogP contribution in [0.5, 0.6) is 5.75 Å². The number of ether oxygens (including phenoxy) is 1. The van der Waals surface area contributed by atoms with Crippen LogP contribution in [0.25, 0.3) is 0 Å². The molecule has 0 unspecified atom stereocenters. The Bertz CT molecular complexity index is 1010. The van der Waals surface area contributed by atoms with Crippen LogP contribution in [0.15, 0.2) is 70.4 Å². The summed E-state index contributed by atoms with van der Waals surface area (Å²) in [6.45, 7) is 0.466. The number of aromatic nitrogens is 1. The average Bonchev–Trinajstić information content (AvgIpc) is 2.69. The summed E-state index contributed by atoms with van der Waals surface area (Å²) in [5, 5.41) is 15.0. The Morgan fingerprint density at radius 1 is 1.25 bits per heavy atom. The molecule has 0 saturated carbocycles. The number of rotatable bonds is 7. The third-order valence-corrected chi connectivity index (χ3v) is 4.97. The van der Waals surface area contributed by atoms with Gasteiger partial charge in [0.25, 0.3) is 0 Å². The first-order chi connectivity index (χ1) is 13.5. The van der Waals surface area contributed by atoms with Crippen molar-refractivity contribution in [2.75, 3.05) is 5.43 Å². The SMILES string of the molecule is O=[N+]([O-])c1cccnc1N/N=C\c1ccc(OCc2ccc(I)cc2)c(Br)c1. The summed E-state index contributed by atoms with van der Waals surface area (Å²) in [7, 11) is 0. The smallest absolute Gasteiger partial charge is 0.313 e. The van der Waals surface area contributed by atoms with Crippen LogP contribution >= 0.6 is 38.5 Å². The van der Waals surface area contributed by atoms with Crippen molar-refractivity contribution in [1.82, 2.24) is 4.98 Å². The van der Waals surface area contributed by atoms with Gasteiger partial charge >= 0.3 is 5.69 Å². The summed E-state index contributed by atoms with van der Waals surface area (Å²) in [5.41, 5.74) is 4.33. The van der Waals surface area contributed by atoms with Crippen LogP contribution in [0.4, 0.5) is 11.5 Å². The van der Waals surface area contributed by atoms with Gasteiger partial charge in [0.15, 0.2) is 0 Å². The normalized spacial score (nSPS) is 10.8. The molecule has 28 heavy (non-hydrogen) atoms. The number of benzene rings is 2. The first kappa shape index (κ1) is 20.2. The molecule has 0 fully saturated rings. The molecule has 1 N–H and O–H groups in total. The van der Waals surface area contributed by atoms with E-state index in [1.807, 2.05) is 42.5 Å². The molecule has 3 rings (SSSR count). The van der Waals surface area contributed by atoms with Gasteiger partial charge in [0, 0.05) is 15.8 Å². The van der Waals surface area contributed by atoms with Crippen LogP contribution in [0.1, 0.15) is 11.1 Å². The molecular weight excluding hydrogens is 539 g/mol. The summed E-state index contributed by atoms with van der Waals surface area (Å²) in [4.78, 5) is 14.4. The van der Waals surface area contributed by atoms with Crippen molar-refractivity contribution in [3.63, 3.8) is 0 Å². The minimum absolute atomic E-state index is 0.0836. The number of halogens is 2. The lowest BCUT2D eigenvalue weighted by molar-refractivity contribution is -0.384. The van der Waals surface area contributed by atoms with Crippen molar-refractivity contribution in [3.05, 3.63) is 90.1 Å². The predicted molar refractivity (Wildman–Crippen MR) is 120 cm³/mol. The second-order valence-electron chi connectivity index (χ2n) is 5.60. The molecule has 0 saturated heterocycles. The fourth-order valence-electron chi connectivity index (χ4n) is 2.25. The van der Waals surface area contributed by atoms with E-state index in [0.717, 1.165) is 15.6 Å². The van der Waals surface area contributed by atoms with E-state index in [1.165, 1.54) is 21.9 Å². The lowest BCUT2D eigenvalue weighted by atomic mass is 10.2. The van der Waals surface area contributed by atoms with Crippen LogP contribution in [-0.4, -0.2) is 16.1 Å². The number of nitrogens with zero attached hydrogens (tertiary/aromatic N) is 3. The molecule has 0 aliphatic heterocycles. The number of nitro groups is 1. The van der Waals surface area contributed by atoms with Crippen molar-refractivity contribution >= 4 is 56.2 Å². The van der Waals surface area contributed by atoms with Gasteiger partial charge in [0.05, 0.1) is 15.6 Å². The van der Waals surface area contributed by atoms with Crippen molar-refractivity contribution in [2.45, 2.75) is 6.61 Å². The molecule has 0 bridgehead atoms. The summed E-state index contributed by atoms with van der Waals surface area (Å²) in [6, 6.07) is 16.5. The van der Waals surface area contributed by atoms with Crippen LogP contribution < -0.4 is 10.2 Å². The maximum atomic E-state index is 11.0. The quantitative estimate of drug-likeness (QED) is 0.184. The minimum atomic E-state index is -0.513. The van der Waals surface area contributed by atoms with Gasteiger partial charge < -0.3 is 4.74 Å². The molecule has 0 aliphatic carbocycles. The molecule has 9 heteroatoms. The molecular formula is C19H14BrIN4O3. The Hall–Kier alpha value is -2.53. The third-order valence-electron chi connectivity index (χ3n) is 3.63. The van der Waals surface area contributed by atoms with Gasteiger partial charge in [-0.3, -0.25) is 15.5 Å². The highest BCUT2D eigenvalue weighted by Gasteiger charge is 2.12. The average molecular weight is 553 g/mol. The molecule has 3 aromatic rings. The van der Waals surface area contributed by atoms with E-state index >= 15 is 0 Å². The van der Waals surface area contributed by atoms with E-state index in [-0.39, 0.29) is 11.5 Å². The van der Waals surface area contributed by atoms with Crippen LogP contribution in [0.3, 0.4) is 0 Å². The standard InChI is InChI=1S/C19H14BrIN4O3/c20-16-10-14(11-23-24-19-17(25(26)27)2-1-9-22-19)5-8-18(16)28-12-13-3-6-15(21)7-4-13/h1-11H,12H2,(H,22,24)/b23-11-. The maximum Gasteiger partial charge on any atom is 0.313 e. The largest absolute Gasteiger partial charge is 0.488 e. The fourth-order valence-corrected chi connectivity index (χ4v) is 3.12. The van der Waals surface area contributed by atoms with Crippen molar-refractivity contribution in [1.29, 1.82) is 0 Å². The molecule has 7 nitrogen and oxygen atoms in total. The number of anilines is 1. The Morgan fingerprint density at radius 3 is 2.75 bits per heavy atom. The molecule has 0 aliphatic rings. The predicted octanol–water partition coefficient (Wildman–Crippen LogP) is 5.38. The molecule has 2 aromatic carbocycles. The molecule has 0 atom stereocenters. The number of hydrazone groups is 1. The second-order valence-corrected chi connectivity index (χ2v) is 7.70. The highest BCUT2D eigenvalue weighted by molar-refractivity contribution is 14.1. The van der Waals surface area contributed by atoms with Gasteiger partial charge in [-0.25, -0.2) is 4.98 Å². The summed E-state index contributed by atoms with van der Waals surface area (Å²) in [6.07, 6.45) is 3.01. The Morgan fingerprint density at radius 2 is 2.04 bits per heavy atom. The number of nitrogens with one attached hydrogen (secondary N) is 1. The Balaban J connectivity index is 1.63. The zero-order valence-electron chi connectivity index (χ0n) is 14.4. The lowest BCUT2D eigenvalue weighted by Gasteiger charge is -2.09. The second kappa shape index (κ2) is 9.60. The third kappa shape index (κ3) is 5.49. The van der Waals surface area contributed by atoms with Gasteiger partial charge in [0.2, 0.25) is 5.82 Å². The molecule has 1 aromatic heterocycles. The molecule has 0 radical (unpaired) electrons. The van der Waals surface area contributed by atoms with Gasteiger partial charge in [0.1, 0.15) is 12.4 Å².